The van der Waals surface area contributed by atoms with Crippen molar-refractivity contribution in [1.29, 1.82) is 0 Å². The SMILES string of the molecule is CCOC(=O)CCCOc1c(CN2CCNCC2)ccc(OC)c1OC.Cl.Cl. The number of carbonyl (C=O) groups excluding carboxylic acids is 1. The molecular formula is C19H32Cl2N2O5. The number of ether oxygens (including phenoxy) is 4. The van der Waals surface area contributed by atoms with E-state index in [0.717, 1.165) is 38.3 Å². The summed E-state index contributed by atoms with van der Waals surface area (Å²) in [4.78, 5) is 13.9. The zero-order valence-electron chi connectivity index (χ0n) is 16.8. The minimum atomic E-state index is -0.199. The molecule has 162 valence electrons. The van der Waals surface area contributed by atoms with Gasteiger partial charge in [-0.25, -0.2) is 0 Å². The molecule has 7 nitrogen and oxygen atoms in total. The van der Waals surface area contributed by atoms with Gasteiger partial charge in [0.1, 0.15) is 0 Å². The quantitative estimate of drug-likeness (QED) is 0.444. The molecule has 1 aliphatic heterocycles. The molecule has 28 heavy (non-hydrogen) atoms. The molecule has 0 atom stereocenters. The van der Waals surface area contributed by atoms with Crippen LogP contribution < -0.4 is 19.5 Å². The molecule has 2 rings (SSSR count). The maximum Gasteiger partial charge on any atom is 0.305 e. The molecule has 0 amide bonds. The van der Waals surface area contributed by atoms with Gasteiger partial charge in [0.05, 0.1) is 27.4 Å². The molecule has 0 bridgehead atoms. The first kappa shape index (κ1) is 26.6. The second-order valence-electron chi connectivity index (χ2n) is 6.07. The van der Waals surface area contributed by atoms with Crippen molar-refractivity contribution in [3.63, 3.8) is 0 Å². The molecule has 0 radical (unpaired) electrons. The average Bonchev–Trinajstić information content (AvgIpc) is 2.66. The summed E-state index contributed by atoms with van der Waals surface area (Å²) in [6.07, 6.45) is 0.930. The van der Waals surface area contributed by atoms with E-state index in [4.69, 9.17) is 18.9 Å². The van der Waals surface area contributed by atoms with Crippen molar-refractivity contribution in [2.75, 3.05) is 53.6 Å². The van der Waals surface area contributed by atoms with E-state index in [-0.39, 0.29) is 30.8 Å². The molecule has 1 saturated heterocycles. The highest BCUT2D eigenvalue weighted by atomic mass is 35.5. The molecule has 9 heteroatoms. The number of nitrogens with one attached hydrogen (secondary N) is 1. The van der Waals surface area contributed by atoms with Crippen LogP contribution in [0.4, 0.5) is 0 Å². The number of benzene rings is 1. The zero-order chi connectivity index (χ0) is 18.8. The van der Waals surface area contributed by atoms with E-state index < -0.39 is 0 Å². The number of carbonyl (C=O) groups is 1. The number of hydrogen-bond donors (Lipinski definition) is 1. The highest BCUT2D eigenvalue weighted by Crippen LogP contribution is 2.40. The minimum absolute atomic E-state index is 0. The van der Waals surface area contributed by atoms with E-state index in [2.05, 4.69) is 10.2 Å². The van der Waals surface area contributed by atoms with Gasteiger partial charge < -0.3 is 24.3 Å². The fourth-order valence-electron chi connectivity index (χ4n) is 2.96. The third-order valence-electron chi connectivity index (χ3n) is 4.26. The largest absolute Gasteiger partial charge is 0.493 e. The number of esters is 1. The number of rotatable bonds is 10. The normalized spacial score (nSPS) is 13.7. The highest BCUT2D eigenvalue weighted by molar-refractivity contribution is 5.85. The van der Waals surface area contributed by atoms with Crippen molar-refractivity contribution >= 4 is 30.8 Å². The first-order valence-corrected chi connectivity index (χ1v) is 9.15. The van der Waals surface area contributed by atoms with Gasteiger partial charge in [-0.3, -0.25) is 9.69 Å². The molecule has 0 saturated carbocycles. The van der Waals surface area contributed by atoms with E-state index >= 15 is 0 Å². The van der Waals surface area contributed by atoms with E-state index in [1.54, 1.807) is 21.1 Å². The Bertz CT molecular complexity index is 584. The zero-order valence-corrected chi connectivity index (χ0v) is 18.5. The van der Waals surface area contributed by atoms with Crippen LogP contribution in [0.2, 0.25) is 0 Å². The molecule has 1 aliphatic rings. The van der Waals surface area contributed by atoms with Crippen LogP contribution in [0.1, 0.15) is 25.3 Å². The van der Waals surface area contributed by atoms with Crippen LogP contribution in [0.25, 0.3) is 0 Å². The Balaban J connectivity index is 0.00000364. The first-order chi connectivity index (χ1) is 12.7. The van der Waals surface area contributed by atoms with Crippen LogP contribution in [0.3, 0.4) is 0 Å². The topological polar surface area (TPSA) is 69.3 Å². The lowest BCUT2D eigenvalue weighted by Gasteiger charge is -2.28. The van der Waals surface area contributed by atoms with Crippen LogP contribution in [0.5, 0.6) is 17.2 Å². The Kier molecular flexibility index (Phi) is 13.8. The number of methoxy groups -OCH3 is 2. The van der Waals surface area contributed by atoms with Gasteiger partial charge in [0.2, 0.25) is 5.75 Å². The summed E-state index contributed by atoms with van der Waals surface area (Å²) < 4.78 is 21.9. The van der Waals surface area contributed by atoms with Crippen LogP contribution in [0.15, 0.2) is 12.1 Å². The van der Waals surface area contributed by atoms with Crippen molar-refractivity contribution in [2.45, 2.75) is 26.3 Å². The number of nitrogens with zero attached hydrogens (tertiary/aromatic N) is 1. The molecule has 0 aliphatic carbocycles. The van der Waals surface area contributed by atoms with Gasteiger partial charge in [-0.2, -0.15) is 0 Å². The lowest BCUT2D eigenvalue weighted by Crippen LogP contribution is -2.42. The van der Waals surface area contributed by atoms with Crippen molar-refractivity contribution in [1.82, 2.24) is 10.2 Å². The summed E-state index contributed by atoms with van der Waals surface area (Å²) in [5, 5.41) is 3.36. The van der Waals surface area contributed by atoms with Gasteiger partial charge in [-0.05, 0) is 19.4 Å². The van der Waals surface area contributed by atoms with Crippen molar-refractivity contribution < 1.29 is 23.7 Å². The average molecular weight is 439 g/mol. The molecule has 0 spiro atoms. The summed E-state index contributed by atoms with van der Waals surface area (Å²) in [5.41, 5.74) is 1.06. The van der Waals surface area contributed by atoms with Gasteiger partial charge in [0.15, 0.2) is 11.5 Å². The molecule has 1 aromatic rings. The molecule has 1 aromatic carbocycles. The maximum atomic E-state index is 11.5. The monoisotopic (exact) mass is 438 g/mol. The smallest absolute Gasteiger partial charge is 0.305 e. The third-order valence-corrected chi connectivity index (χ3v) is 4.26. The molecule has 1 heterocycles. The van der Waals surface area contributed by atoms with Gasteiger partial charge in [-0.15, -0.1) is 24.8 Å². The van der Waals surface area contributed by atoms with E-state index in [1.807, 2.05) is 12.1 Å². The Labute approximate surface area is 179 Å². The standard InChI is InChI=1S/C19H30N2O5.2ClH/c1-4-25-17(22)6-5-13-26-18-15(14-21-11-9-20-10-12-21)7-8-16(23-2)19(18)24-3;;/h7-8,20H,4-6,9-14H2,1-3H3;2*1H. The molecule has 1 N–H and O–H groups in total. The van der Waals surface area contributed by atoms with Crippen molar-refractivity contribution in [2.24, 2.45) is 0 Å². The fourth-order valence-corrected chi connectivity index (χ4v) is 2.96. The Morgan fingerprint density at radius 3 is 2.43 bits per heavy atom. The molecule has 1 fully saturated rings. The minimum Gasteiger partial charge on any atom is -0.493 e. The van der Waals surface area contributed by atoms with Crippen LogP contribution in [0, 0.1) is 0 Å². The van der Waals surface area contributed by atoms with Crippen LogP contribution in [-0.2, 0) is 16.1 Å². The second kappa shape index (κ2) is 14.6. The lowest BCUT2D eigenvalue weighted by molar-refractivity contribution is -0.143. The summed E-state index contributed by atoms with van der Waals surface area (Å²) >= 11 is 0. The van der Waals surface area contributed by atoms with Crippen LogP contribution in [-0.4, -0.2) is 64.5 Å². The summed E-state index contributed by atoms with van der Waals surface area (Å²) in [6.45, 7) is 7.38. The van der Waals surface area contributed by atoms with Crippen LogP contribution >= 0.6 is 24.8 Å². The maximum absolute atomic E-state index is 11.5. The van der Waals surface area contributed by atoms with Crippen molar-refractivity contribution in [3.8, 4) is 17.2 Å². The lowest BCUT2D eigenvalue weighted by atomic mass is 10.1. The summed E-state index contributed by atoms with van der Waals surface area (Å²) in [5.74, 6) is 1.72. The number of piperazine rings is 1. The number of halogens is 2. The number of hydrogen-bond acceptors (Lipinski definition) is 7. The molecular weight excluding hydrogens is 407 g/mol. The van der Waals surface area contributed by atoms with E-state index in [0.29, 0.717) is 43.3 Å². The Hall–Kier alpha value is -1.41. The predicted octanol–water partition coefficient (Wildman–Crippen LogP) is 2.67. The molecule has 0 unspecified atom stereocenters. The molecule has 0 aromatic heterocycles. The summed E-state index contributed by atoms with van der Waals surface area (Å²) in [6, 6.07) is 3.92. The highest BCUT2D eigenvalue weighted by Gasteiger charge is 2.19. The third kappa shape index (κ3) is 7.91. The summed E-state index contributed by atoms with van der Waals surface area (Å²) in [7, 11) is 3.22. The van der Waals surface area contributed by atoms with E-state index in [9.17, 15) is 4.79 Å². The predicted molar refractivity (Wildman–Crippen MR) is 114 cm³/mol. The first-order valence-electron chi connectivity index (χ1n) is 9.15. The van der Waals surface area contributed by atoms with E-state index in [1.165, 1.54) is 0 Å². The van der Waals surface area contributed by atoms with Gasteiger partial charge in [-0.1, -0.05) is 6.07 Å². The Morgan fingerprint density at radius 2 is 1.82 bits per heavy atom. The Morgan fingerprint density at radius 1 is 1.11 bits per heavy atom. The van der Waals surface area contributed by atoms with Gasteiger partial charge >= 0.3 is 5.97 Å². The van der Waals surface area contributed by atoms with Crippen molar-refractivity contribution in [3.05, 3.63) is 17.7 Å². The van der Waals surface area contributed by atoms with Gasteiger partial charge in [0.25, 0.3) is 0 Å². The fraction of sp³-hybridized carbons (Fsp3) is 0.632. The van der Waals surface area contributed by atoms with Gasteiger partial charge in [0, 0.05) is 44.7 Å². The second-order valence-corrected chi connectivity index (χ2v) is 6.07.